The van der Waals surface area contributed by atoms with Crippen molar-refractivity contribution in [3.63, 3.8) is 0 Å². The first-order valence-corrected chi connectivity index (χ1v) is 9.72. The Bertz CT molecular complexity index is 884. The van der Waals surface area contributed by atoms with E-state index in [0.29, 0.717) is 38.5 Å². The number of carbonyl (C=O) groups is 1. The number of benzene rings is 2. The van der Waals surface area contributed by atoms with Gasteiger partial charge < -0.3 is 19.1 Å². The highest BCUT2D eigenvalue weighted by Gasteiger charge is 2.21. The molecule has 0 aromatic heterocycles. The van der Waals surface area contributed by atoms with Gasteiger partial charge in [0.25, 0.3) is 0 Å². The Morgan fingerprint density at radius 1 is 1.07 bits per heavy atom. The van der Waals surface area contributed by atoms with Gasteiger partial charge in [0, 0.05) is 18.7 Å². The maximum absolute atomic E-state index is 12.6. The molecule has 3 rings (SSSR count). The van der Waals surface area contributed by atoms with Crippen LogP contribution in [0.1, 0.15) is 11.1 Å². The molecule has 5 heteroatoms. The molecule has 0 N–H and O–H groups in total. The number of ether oxygens (including phenoxy) is 3. The standard InChI is InChI=1S/C24H27NO4/c1-4-6-18-8-10-23(29-24(26)25-12-14-28-15-13-25)21(16-18)19-9-11-22(27-3)20(17-19)7-5-2/h4-5,8-11,16-17H,1-2,6-7,12-15H2,3H3. The van der Waals surface area contributed by atoms with Gasteiger partial charge in [-0.15, -0.1) is 13.2 Å². The molecule has 0 aliphatic carbocycles. The largest absolute Gasteiger partial charge is 0.496 e. The van der Waals surface area contributed by atoms with Crippen molar-refractivity contribution in [3.05, 3.63) is 72.8 Å². The molecule has 2 aromatic rings. The van der Waals surface area contributed by atoms with E-state index in [0.717, 1.165) is 34.4 Å². The number of carbonyl (C=O) groups excluding carboxylic acids is 1. The van der Waals surface area contributed by atoms with Crippen molar-refractivity contribution in [2.45, 2.75) is 12.8 Å². The number of hydrogen-bond donors (Lipinski definition) is 0. The monoisotopic (exact) mass is 393 g/mol. The topological polar surface area (TPSA) is 48.0 Å². The highest BCUT2D eigenvalue weighted by molar-refractivity contribution is 5.78. The Labute approximate surface area is 172 Å². The minimum atomic E-state index is -0.356. The zero-order chi connectivity index (χ0) is 20.6. The number of methoxy groups -OCH3 is 1. The molecule has 5 nitrogen and oxygen atoms in total. The fourth-order valence-electron chi connectivity index (χ4n) is 3.35. The molecular formula is C24H27NO4. The summed E-state index contributed by atoms with van der Waals surface area (Å²) in [6.45, 7) is 9.78. The summed E-state index contributed by atoms with van der Waals surface area (Å²) in [6.07, 6.45) is 4.77. The predicted octanol–water partition coefficient (Wildman–Crippen LogP) is 4.65. The van der Waals surface area contributed by atoms with E-state index in [2.05, 4.69) is 19.2 Å². The van der Waals surface area contributed by atoms with Gasteiger partial charge in [-0.3, -0.25) is 0 Å². The zero-order valence-corrected chi connectivity index (χ0v) is 16.9. The predicted molar refractivity (Wildman–Crippen MR) is 115 cm³/mol. The van der Waals surface area contributed by atoms with Crippen LogP contribution in [-0.4, -0.2) is 44.4 Å². The van der Waals surface area contributed by atoms with Crippen LogP contribution in [0.4, 0.5) is 4.79 Å². The van der Waals surface area contributed by atoms with Crippen molar-refractivity contribution in [1.82, 2.24) is 4.90 Å². The van der Waals surface area contributed by atoms with Crippen molar-refractivity contribution in [2.24, 2.45) is 0 Å². The van der Waals surface area contributed by atoms with Gasteiger partial charge in [0.2, 0.25) is 0 Å². The lowest BCUT2D eigenvalue weighted by atomic mass is 9.97. The molecule has 0 radical (unpaired) electrons. The number of amides is 1. The van der Waals surface area contributed by atoms with Gasteiger partial charge in [0.05, 0.1) is 20.3 Å². The highest BCUT2D eigenvalue weighted by Crippen LogP contribution is 2.35. The Morgan fingerprint density at radius 3 is 2.48 bits per heavy atom. The first kappa shape index (κ1) is 20.7. The van der Waals surface area contributed by atoms with Crippen molar-refractivity contribution in [3.8, 4) is 22.6 Å². The van der Waals surface area contributed by atoms with Crippen LogP contribution < -0.4 is 9.47 Å². The molecule has 1 heterocycles. The number of morpholine rings is 1. The lowest BCUT2D eigenvalue weighted by molar-refractivity contribution is 0.0416. The average molecular weight is 393 g/mol. The summed E-state index contributed by atoms with van der Waals surface area (Å²) in [5.74, 6) is 1.34. The molecule has 0 atom stereocenters. The lowest BCUT2D eigenvalue weighted by Crippen LogP contribution is -2.42. The summed E-state index contributed by atoms with van der Waals surface area (Å²) in [5.41, 5.74) is 3.94. The van der Waals surface area contributed by atoms with E-state index >= 15 is 0 Å². The summed E-state index contributed by atoms with van der Waals surface area (Å²) in [6, 6.07) is 11.8. The normalized spacial score (nSPS) is 13.6. The molecule has 0 spiro atoms. The minimum Gasteiger partial charge on any atom is -0.496 e. The molecule has 152 valence electrons. The van der Waals surface area contributed by atoms with Gasteiger partial charge in [-0.2, -0.15) is 0 Å². The molecule has 1 aliphatic rings. The summed E-state index contributed by atoms with van der Waals surface area (Å²) < 4.78 is 16.6. The van der Waals surface area contributed by atoms with Gasteiger partial charge >= 0.3 is 6.09 Å². The van der Waals surface area contributed by atoms with E-state index < -0.39 is 0 Å². The van der Waals surface area contributed by atoms with Crippen molar-refractivity contribution in [2.75, 3.05) is 33.4 Å². The molecule has 1 aliphatic heterocycles. The van der Waals surface area contributed by atoms with Gasteiger partial charge in [-0.05, 0) is 53.8 Å². The van der Waals surface area contributed by atoms with E-state index in [1.54, 1.807) is 12.0 Å². The van der Waals surface area contributed by atoms with Gasteiger partial charge in [0.15, 0.2) is 0 Å². The summed E-state index contributed by atoms with van der Waals surface area (Å²) in [4.78, 5) is 14.3. The third-order valence-electron chi connectivity index (χ3n) is 4.85. The average Bonchev–Trinajstić information content (AvgIpc) is 2.76. The fourth-order valence-corrected chi connectivity index (χ4v) is 3.35. The van der Waals surface area contributed by atoms with E-state index in [9.17, 15) is 4.79 Å². The molecule has 2 aromatic carbocycles. The van der Waals surface area contributed by atoms with E-state index in [4.69, 9.17) is 14.2 Å². The lowest BCUT2D eigenvalue weighted by Gasteiger charge is -2.26. The number of rotatable bonds is 7. The van der Waals surface area contributed by atoms with Crippen LogP contribution in [0.2, 0.25) is 0 Å². The van der Waals surface area contributed by atoms with Crippen LogP contribution in [-0.2, 0) is 17.6 Å². The molecule has 1 amide bonds. The third kappa shape index (κ3) is 5.06. The quantitative estimate of drug-likeness (QED) is 0.643. The summed E-state index contributed by atoms with van der Waals surface area (Å²) >= 11 is 0. The van der Waals surface area contributed by atoms with Gasteiger partial charge in [-0.1, -0.05) is 24.3 Å². The molecule has 0 unspecified atom stereocenters. The van der Waals surface area contributed by atoms with Crippen LogP contribution >= 0.6 is 0 Å². The van der Waals surface area contributed by atoms with Crippen LogP contribution in [0.5, 0.6) is 11.5 Å². The molecule has 29 heavy (non-hydrogen) atoms. The van der Waals surface area contributed by atoms with Crippen LogP contribution in [0.25, 0.3) is 11.1 Å². The van der Waals surface area contributed by atoms with E-state index in [1.807, 2.05) is 42.5 Å². The second kappa shape index (κ2) is 9.94. The number of allylic oxidation sites excluding steroid dienone is 2. The Morgan fingerprint density at radius 2 is 1.79 bits per heavy atom. The molecule has 1 fully saturated rings. The van der Waals surface area contributed by atoms with Gasteiger partial charge in [0.1, 0.15) is 11.5 Å². The van der Waals surface area contributed by atoms with Crippen molar-refractivity contribution in [1.29, 1.82) is 0 Å². The van der Waals surface area contributed by atoms with Crippen molar-refractivity contribution < 1.29 is 19.0 Å². The van der Waals surface area contributed by atoms with Gasteiger partial charge in [-0.25, -0.2) is 4.79 Å². The number of nitrogens with zero attached hydrogens (tertiary/aromatic N) is 1. The SMILES string of the molecule is C=CCc1ccc(OC(=O)N2CCOCC2)c(-c2ccc(OC)c(CC=C)c2)c1. The molecular weight excluding hydrogens is 366 g/mol. The maximum atomic E-state index is 12.6. The Hall–Kier alpha value is -3.05. The number of hydrogen-bond acceptors (Lipinski definition) is 4. The first-order valence-electron chi connectivity index (χ1n) is 9.72. The van der Waals surface area contributed by atoms with Crippen LogP contribution in [0.15, 0.2) is 61.7 Å². The smallest absolute Gasteiger partial charge is 0.415 e. The van der Waals surface area contributed by atoms with Crippen LogP contribution in [0, 0.1) is 0 Å². The highest BCUT2D eigenvalue weighted by atomic mass is 16.6. The Kier molecular flexibility index (Phi) is 7.09. The molecule has 0 bridgehead atoms. The van der Waals surface area contributed by atoms with Crippen LogP contribution in [0.3, 0.4) is 0 Å². The minimum absolute atomic E-state index is 0.356. The molecule has 0 saturated carbocycles. The van der Waals surface area contributed by atoms with Crippen molar-refractivity contribution >= 4 is 6.09 Å². The fraction of sp³-hybridized carbons (Fsp3) is 0.292. The maximum Gasteiger partial charge on any atom is 0.415 e. The second-order valence-electron chi connectivity index (χ2n) is 6.81. The first-order chi connectivity index (χ1) is 14.2. The zero-order valence-electron chi connectivity index (χ0n) is 16.9. The van der Waals surface area contributed by atoms with E-state index in [-0.39, 0.29) is 6.09 Å². The molecule has 1 saturated heterocycles. The summed E-state index contributed by atoms with van der Waals surface area (Å²) in [5, 5.41) is 0. The van der Waals surface area contributed by atoms with E-state index in [1.165, 1.54) is 0 Å². The Balaban J connectivity index is 1.97. The third-order valence-corrected chi connectivity index (χ3v) is 4.85. The second-order valence-corrected chi connectivity index (χ2v) is 6.81. The summed E-state index contributed by atoms with van der Waals surface area (Å²) in [7, 11) is 1.65.